The molecule has 0 unspecified atom stereocenters. The molecule has 0 aliphatic carbocycles. The van der Waals surface area contributed by atoms with Crippen LogP contribution in [0.1, 0.15) is 26.2 Å². The van der Waals surface area contributed by atoms with Crippen molar-refractivity contribution in [2.24, 2.45) is 0 Å². The molecule has 1 aromatic heterocycles. The van der Waals surface area contributed by atoms with Crippen molar-refractivity contribution in [1.82, 2.24) is 19.8 Å². The Morgan fingerprint density at radius 2 is 1.80 bits per heavy atom. The number of hydrogen-bond acceptors (Lipinski definition) is 6. The number of piperidine rings is 1. The van der Waals surface area contributed by atoms with Crippen molar-refractivity contribution >= 4 is 17.8 Å². The zero-order valence-electron chi connectivity index (χ0n) is 14.6. The number of aromatic nitrogens is 2. The second kappa shape index (κ2) is 7.35. The predicted molar refractivity (Wildman–Crippen MR) is 92.3 cm³/mol. The molecule has 8 nitrogen and oxygen atoms in total. The molecule has 0 radical (unpaired) electrons. The molecule has 136 valence electrons. The fourth-order valence-corrected chi connectivity index (χ4v) is 3.58. The zero-order valence-corrected chi connectivity index (χ0v) is 14.6. The quantitative estimate of drug-likeness (QED) is 0.846. The average molecular weight is 347 g/mol. The van der Waals surface area contributed by atoms with Crippen LogP contribution < -0.4 is 4.90 Å². The highest BCUT2D eigenvalue weighted by molar-refractivity contribution is 5.87. The summed E-state index contributed by atoms with van der Waals surface area (Å²) < 4.78 is 0. The molecule has 1 aromatic rings. The number of carboxylic acid groups (broad SMARTS) is 1. The topological polar surface area (TPSA) is 89.9 Å². The van der Waals surface area contributed by atoms with Gasteiger partial charge in [0, 0.05) is 45.1 Å². The van der Waals surface area contributed by atoms with Gasteiger partial charge in [0.05, 0.1) is 6.54 Å². The Kier molecular flexibility index (Phi) is 5.17. The maximum atomic E-state index is 12.7. The van der Waals surface area contributed by atoms with Crippen LogP contribution in [0.3, 0.4) is 0 Å². The normalized spacial score (nSPS) is 25.0. The van der Waals surface area contributed by atoms with Gasteiger partial charge < -0.3 is 14.9 Å². The van der Waals surface area contributed by atoms with Gasteiger partial charge >= 0.3 is 5.97 Å². The lowest BCUT2D eigenvalue weighted by molar-refractivity contribution is -0.161. The molecule has 0 bridgehead atoms. The number of nitrogens with zero attached hydrogens (tertiary/aromatic N) is 5. The van der Waals surface area contributed by atoms with Crippen molar-refractivity contribution in [3.63, 3.8) is 0 Å². The third kappa shape index (κ3) is 3.73. The van der Waals surface area contributed by atoms with Crippen LogP contribution >= 0.6 is 0 Å². The highest BCUT2D eigenvalue weighted by Crippen LogP contribution is 2.28. The van der Waals surface area contributed by atoms with E-state index in [1.54, 1.807) is 30.3 Å². The van der Waals surface area contributed by atoms with Gasteiger partial charge in [0.25, 0.3) is 0 Å². The Bertz CT molecular complexity index is 618. The summed E-state index contributed by atoms with van der Waals surface area (Å²) in [5, 5.41) is 9.56. The van der Waals surface area contributed by atoms with Crippen molar-refractivity contribution in [3.8, 4) is 0 Å². The molecule has 2 aliphatic heterocycles. The summed E-state index contributed by atoms with van der Waals surface area (Å²) in [6.07, 6.45) is 5.69. The van der Waals surface area contributed by atoms with E-state index in [1.165, 1.54) is 0 Å². The van der Waals surface area contributed by atoms with Gasteiger partial charge in [-0.2, -0.15) is 0 Å². The lowest BCUT2D eigenvalue weighted by Gasteiger charge is -2.43. The van der Waals surface area contributed by atoms with Gasteiger partial charge in [-0.1, -0.05) is 0 Å². The number of piperazine rings is 1. The van der Waals surface area contributed by atoms with Gasteiger partial charge in [-0.3, -0.25) is 9.69 Å². The number of likely N-dealkylation sites (tertiary alicyclic amines) is 1. The van der Waals surface area contributed by atoms with Crippen molar-refractivity contribution in [2.45, 2.75) is 31.7 Å². The highest BCUT2D eigenvalue weighted by atomic mass is 16.4. The van der Waals surface area contributed by atoms with Gasteiger partial charge in [0.2, 0.25) is 11.9 Å². The number of aliphatic carboxylic acids is 1. The molecule has 0 aromatic carbocycles. The SMILES string of the molecule is C[C@@]1(C(=O)O)CCCCN1C(=O)CN1CCN(c2ncccn2)CC1. The number of amides is 1. The minimum absolute atomic E-state index is 0.0889. The Balaban J connectivity index is 1.56. The van der Waals surface area contributed by atoms with Crippen LogP contribution in [0.2, 0.25) is 0 Å². The standard InChI is InChI=1S/C17H25N5O3/c1-17(15(24)25)5-2-3-8-22(17)14(23)13-20-9-11-21(12-10-20)16-18-6-4-7-19-16/h4,6-7H,2-3,5,8-13H2,1H3,(H,24,25)/t17-/m0/s1. The molecular weight excluding hydrogens is 322 g/mol. The van der Waals surface area contributed by atoms with Crippen LogP contribution in [0.5, 0.6) is 0 Å². The zero-order chi connectivity index (χ0) is 17.9. The van der Waals surface area contributed by atoms with E-state index in [1.807, 2.05) is 0 Å². The number of carboxylic acids is 1. The second-order valence-corrected chi connectivity index (χ2v) is 6.89. The molecule has 1 N–H and O–H groups in total. The van der Waals surface area contributed by atoms with E-state index >= 15 is 0 Å². The van der Waals surface area contributed by atoms with E-state index in [0.717, 1.165) is 39.0 Å². The molecule has 8 heteroatoms. The van der Waals surface area contributed by atoms with Gasteiger partial charge in [0.15, 0.2) is 0 Å². The number of carbonyl (C=O) groups is 2. The minimum atomic E-state index is -1.07. The van der Waals surface area contributed by atoms with Crippen molar-refractivity contribution in [1.29, 1.82) is 0 Å². The molecule has 0 spiro atoms. The first-order valence-electron chi connectivity index (χ1n) is 8.79. The predicted octanol–water partition coefficient (Wildman–Crippen LogP) is 0.454. The Hall–Kier alpha value is -2.22. The van der Waals surface area contributed by atoms with Crippen LogP contribution in [0.4, 0.5) is 5.95 Å². The number of rotatable bonds is 4. The van der Waals surface area contributed by atoms with Crippen LogP contribution in [0, 0.1) is 0 Å². The molecule has 2 saturated heterocycles. The first kappa shape index (κ1) is 17.6. The van der Waals surface area contributed by atoms with Crippen LogP contribution in [0.15, 0.2) is 18.5 Å². The third-order valence-electron chi connectivity index (χ3n) is 5.22. The Labute approximate surface area is 147 Å². The summed E-state index contributed by atoms with van der Waals surface area (Å²) in [4.78, 5) is 38.6. The van der Waals surface area contributed by atoms with E-state index in [0.29, 0.717) is 18.9 Å². The molecular formula is C17H25N5O3. The van der Waals surface area contributed by atoms with Crippen LogP contribution in [0.25, 0.3) is 0 Å². The molecule has 3 heterocycles. The molecule has 2 aliphatic rings. The average Bonchev–Trinajstić information content (AvgIpc) is 2.63. The second-order valence-electron chi connectivity index (χ2n) is 6.89. The fourth-order valence-electron chi connectivity index (χ4n) is 3.58. The minimum Gasteiger partial charge on any atom is -0.480 e. The molecule has 3 rings (SSSR count). The maximum absolute atomic E-state index is 12.7. The molecule has 1 amide bonds. The highest BCUT2D eigenvalue weighted by Gasteiger charge is 2.44. The van der Waals surface area contributed by atoms with E-state index in [-0.39, 0.29) is 12.5 Å². The van der Waals surface area contributed by atoms with E-state index < -0.39 is 11.5 Å². The van der Waals surface area contributed by atoms with Gasteiger partial charge in [-0.15, -0.1) is 0 Å². The number of hydrogen-bond donors (Lipinski definition) is 1. The van der Waals surface area contributed by atoms with Crippen molar-refractivity contribution in [2.75, 3.05) is 44.2 Å². The fraction of sp³-hybridized carbons (Fsp3) is 0.647. The van der Waals surface area contributed by atoms with Crippen molar-refractivity contribution < 1.29 is 14.7 Å². The van der Waals surface area contributed by atoms with E-state index in [2.05, 4.69) is 19.8 Å². The first-order valence-corrected chi connectivity index (χ1v) is 8.79. The molecule has 1 atom stereocenters. The molecule has 2 fully saturated rings. The maximum Gasteiger partial charge on any atom is 0.329 e. The van der Waals surface area contributed by atoms with Crippen LogP contribution in [-0.2, 0) is 9.59 Å². The summed E-state index contributed by atoms with van der Waals surface area (Å²) in [5.41, 5.74) is -1.07. The smallest absolute Gasteiger partial charge is 0.329 e. The summed E-state index contributed by atoms with van der Waals surface area (Å²) in [6, 6.07) is 1.79. The Morgan fingerprint density at radius 1 is 1.12 bits per heavy atom. The van der Waals surface area contributed by atoms with E-state index in [4.69, 9.17) is 0 Å². The number of carbonyl (C=O) groups excluding carboxylic acids is 1. The summed E-state index contributed by atoms with van der Waals surface area (Å²) in [7, 11) is 0. The van der Waals surface area contributed by atoms with E-state index in [9.17, 15) is 14.7 Å². The largest absolute Gasteiger partial charge is 0.480 e. The van der Waals surface area contributed by atoms with Crippen molar-refractivity contribution in [3.05, 3.63) is 18.5 Å². The summed E-state index contributed by atoms with van der Waals surface area (Å²) >= 11 is 0. The number of anilines is 1. The van der Waals surface area contributed by atoms with Gasteiger partial charge in [-0.05, 0) is 32.3 Å². The van der Waals surface area contributed by atoms with Crippen LogP contribution in [-0.4, -0.2) is 81.6 Å². The monoisotopic (exact) mass is 347 g/mol. The lowest BCUT2D eigenvalue weighted by atomic mass is 9.88. The Morgan fingerprint density at radius 3 is 2.44 bits per heavy atom. The van der Waals surface area contributed by atoms with Gasteiger partial charge in [0.1, 0.15) is 5.54 Å². The third-order valence-corrected chi connectivity index (χ3v) is 5.22. The molecule has 0 saturated carbocycles. The lowest BCUT2D eigenvalue weighted by Crippen LogP contribution is -2.60. The molecule has 25 heavy (non-hydrogen) atoms. The first-order chi connectivity index (χ1) is 12.0. The summed E-state index contributed by atoms with van der Waals surface area (Å²) in [6.45, 7) is 5.45. The van der Waals surface area contributed by atoms with Gasteiger partial charge in [-0.25, -0.2) is 14.8 Å². The summed E-state index contributed by atoms with van der Waals surface area (Å²) in [5.74, 6) is -0.288.